The maximum atomic E-state index is 13.3. The van der Waals surface area contributed by atoms with E-state index >= 15 is 0 Å². The Morgan fingerprint density at radius 2 is 1.48 bits per heavy atom. The summed E-state index contributed by atoms with van der Waals surface area (Å²) in [5.74, 6) is -6.43. The quantitative estimate of drug-likeness (QED) is 0.134. The van der Waals surface area contributed by atoms with Crippen LogP contribution in [0.5, 0.6) is 5.75 Å². The molecule has 0 aliphatic carbocycles. The molecule has 0 amide bonds. The molecule has 152 valence electrons. The van der Waals surface area contributed by atoms with E-state index in [2.05, 4.69) is 0 Å². The Kier molecular flexibility index (Phi) is 9.61. The number of esters is 1. The van der Waals surface area contributed by atoms with Gasteiger partial charge in [0.2, 0.25) is 0 Å². The van der Waals surface area contributed by atoms with E-state index in [-0.39, 0.29) is 35.3 Å². The van der Waals surface area contributed by atoms with Gasteiger partial charge in [0.1, 0.15) is 0 Å². The third-order valence-corrected chi connectivity index (χ3v) is 7.24. The molecule has 0 aliphatic heterocycles. The van der Waals surface area contributed by atoms with Gasteiger partial charge in [-0.3, -0.25) is 0 Å². The minimum absolute atomic E-state index is 0. The number of carbonyl (C=O) groups is 1. The zero-order valence-corrected chi connectivity index (χ0v) is 20.1. The molecule has 0 bridgehead atoms. The third kappa shape index (κ3) is 7.21. The van der Waals surface area contributed by atoms with Gasteiger partial charge in [-0.1, -0.05) is 0 Å². The molecule has 2 rings (SSSR count). The van der Waals surface area contributed by atoms with Crippen molar-refractivity contribution in [3.8, 4) is 5.75 Å². The van der Waals surface area contributed by atoms with E-state index in [0.29, 0.717) is 0 Å². The van der Waals surface area contributed by atoms with Crippen molar-refractivity contribution in [1.82, 2.24) is 0 Å². The fourth-order valence-corrected chi connectivity index (χ4v) is 4.83. The van der Waals surface area contributed by atoms with Gasteiger partial charge in [-0.15, -0.1) is 0 Å². The zero-order valence-electron chi connectivity index (χ0n) is 15.0. The fourth-order valence-electron chi connectivity index (χ4n) is 1.97. The summed E-state index contributed by atoms with van der Waals surface area (Å²) in [6.07, 6.45) is -3.04. The Morgan fingerprint density at radius 3 is 2.00 bits per heavy atom. The first-order valence-corrected chi connectivity index (χ1v) is 11.4. The predicted octanol–water partition coefficient (Wildman–Crippen LogP) is -1.20. The van der Waals surface area contributed by atoms with Crippen LogP contribution < -0.4 is 41.5 Å². The molecule has 0 saturated heterocycles. The largest absolute Gasteiger partial charge is 1.00 e. The Morgan fingerprint density at radius 1 is 0.966 bits per heavy atom. The number of halogens is 4. The summed E-state index contributed by atoms with van der Waals surface area (Å²) in [5, 5.41) is -5.82. The normalized spacial score (nSPS) is 12.2. The van der Waals surface area contributed by atoms with Crippen LogP contribution in [0.15, 0.2) is 54.6 Å². The molecule has 0 N–H and O–H groups in total. The van der Waals surface area contributed by atoms with Crippen molar-refractivity contribution in [2.75, 3.05) is 0 Å². The molecule has 0 saturated carbocycles. The molecule has 0 unspecified atom stereocenters. The average molecular weight is 556 g/mol. The van der Waals surface area contributed by atoms with Gasteiger partial charge in [0.05, 0.1) is 0 Å². The van der Waals surface area contributed by atoms with E-state index in [1.807, 2.05) is 30.3 Å². The van der Waals surface area contributed by atoms with Gasteiger partial charge in [-0.25, -0.2) is 0 Å². The van der Waals surface area contributed by atoms with E-state index in [1.165, 1.54) is 15.7 Å². The smallest absolute Gasteiger partial charge is 1.00 e. The van der Waals surface area contributed by atoms with Crippen LogP contribution >= 0.6 is 0 Å². The molecule has 0 atom stereocenters. The van der Waals surface area contributed by atoms with Crippen LogP contribution in [0, 0.1) is 0 Å². The van der Waals surface area contributed by atoms with E-state index in [1.54, 1.807) is 12.1 Å². The molecule has 0 aromatic heterocycles. The first-order chi connectivity index (χ1) is 12.9. The first kappa shape index (κ1) is 26.4. The van der Waals surface area contributed by atoms with Crippen molar-refractivity contribution in [2.24, 2.45) is 0 Å². The molecule has 0 radical (unpaired) electrons. The van der Waals surface area contributed by atoms with Crippen molar-refractivity contribution in [1.29, 1.82) is 0 Å². The predicted molar refractivity (Wildman–Crippen MR) is 92.4 cm³/mol. The van der Waals surface area contributed by atoms with E-state index < -0.39 is 61.0 Å². The average Bonchev–Trinajstić information content (AvgIpc) is 2.61. The van der Waals surface area contributed by atoms with Crippen LogP contribution in [0.25, 0.3) is 0 Å². The maximum Gasteiger partial charge on any atom is 1.00 e. The van der Waals surface area contributed by atoms with E-state index in [0.717, 1.165) is 3.61 Å². The monoisotopic (exact) mass is 558 g/mol. The summed E-state index contributed by atoms with van der Waals surface area (Å²) in [7, 11) is -6.58. The molecular formula is C17H13F4NaO5STe. The molecule has 0 fully saturated rings. The molecule has 0 heterocycles. The van der Waals surface area contributed by atoms with Crippen LogP contribution in [0.2, 0.25) is 0 Å². The van der Waals surface area contributed by atoms with Gasteiger partial charge in [0.15, 0.2) is 0 Å². The van der Waals surface area contributed by atoms with Crippen LogP contribution in [-0.4, -0.2) is 51.0 Å². The molecule has 12 heteroatoms. The Bertz CT molecular complexity index is 925. The van der Waals surface area contributed by atoms with Crippen LogP contribution in [-0.2, 0) is 14.9 Å². The number of hydrogen-bond acceptors (Lipinski definition) is 5. The Balaban J connectivity index is 0.00000420. The first-order valence-electron chi connectivity index (χ1n) is 7.67. The van der Waals surface area contributed by atoms with Crippen molar-refractivity contribution in [2.45, 2.75) is 24.0 Å². The van der Waals surface area contributed by atoms with Crippen LogP contribution in [0.1, 0.15) is 12.8 Å². The molecule has 0 aliphatic rings. The minimum Gasteiger partial charge on any atom is 1.00 e. The Labute approximate surface area is 196 Å². The summed E-state index contributed by atoms with van der Waals surface area (Å²) in [5.41, 5.74) is 0. The van der Waals surface area contributed by atoms with Gasteiger partial charge >= 0.3 is 198 Å². The molecule has 2 aromatic rings. The van der Waals surface area contributed by atoms with E-state index in [4.69, 9.17) is 4.74 Å². The summed E-state index contributed by atoms with van der Waals surface area (Å²) >= 11 is -0.657. The van der Waals surface area contributed by atoms with Crippen LogP contribution in [0.3, 0.4) is 0 Å². The third-order valence-electron chi connectivity index (χ3n) is 3.42. The number of alkyl halides is 4. The second-order valence-electron chi connectivity index (χ2n) is 5.54. The van der Waals surface area contributed by atoms with Gasteiger partial charge in [0.25, 0.3) is 0 Å². The number of rotatable bonds is 8. The van der Waals surface area contributed by atoms with Gasteiger partial charge in [0, 0.05) is 0 Å². The van der Waals surface area contributed by atoms with Crippen molar-refractivity contribution in [3.05, 3.63) is 54.6 Å². The van der Waals surface area contributed by atoms with Gasteiger partial charge < -0.3 is 0 Å². The second-order valence-corrected chi connectivity index (χ2v) is 10.2. The maximum absolute atomic E-state index is 13.3. The number of hydrogen-bond donors (Lipinski definition) is 0. The summed E-state index contributed by atoms with van der Waals surface area (Å²) in [6, 6.07) is 16.0. The summed E-state index contributed by atoms with van der Waals surface area (Å²) < 4.78 is 90.5. The topological polar surface area (TPSA) is 83.5 Å². The minimum atomic E-state index is -6.58. The summed E-state index contributed by atoms with van der Waals surface area (Å²) in [4.78, 5) is 11.6. The standard InChI is InChI=1S/C17H14F4O5STe.Na/c18-16(19,17(20,21)27(23,24)25)11-10-15(22)26-12-6-8-14(9-7-12)28-13-4-2-1-3-5-13;/h1-9H,10-11H2,(H,23,24,25);/q;+1/p-1. The van der Waals surface area contributed by atoms with Crippen LogP contribution in [0.4, 0.5) is 17.6 Å². The SMILES string of the molecule is O=C(CCC(F)(F)C(F)(F)S(=O)(=O)[O-])Oc1ccc([Te]c2ccccc2)cc1.[Na+]. The van der Waals surface area contributed by atoms with Gasteiger partial charge in [-0.2, -0.15) is 0 Å². The zero-order chi connectivity index (χ0) is 21.0. The van der Waals surface area contributed by atoms with Gasteiger partial charge in [-0.05, 0) is 0 Å². The fraction of sp³-hybridized carbons (Fsp3) is 0.235. The molecular weight excluding hydrogens is 543 g/mol. The molecule has 5 nitrogen and oxygen atoms in total. The van der Waals surface area contributed by atoms with Crippen molar-refractivity contribution in [3.63, 3.8) is 0 Å². The Hall–Kier alpha value is -0.670. The van der Waals surface area contributed by atoms with Crippen molar-refractivity contribution >= 4 is 44.2 Å². The molecule has 29 heavy (non-hydrogen) atoms. The van der Waals surface area contributed by atoms with Crippen molar-refractivity contribution < 1.29 is 69.6 Å². The molecule has 0 spiro atoms. The second kappa shape index (κ2) is 10.6. The molecule has 2 aromatic carbocycles. The number of ether oxygens (including phenoxy) is 1. The number of carbonyl (C=O) groups excluding carboxylic acids is 1. The van der Waals surface area contributed by atoms with E-state index in [9.17, 15) is 35.3 Å². The summed E-state index contributed by atoms with van der Waals surface area (Å²) in [6.45, 7) is 0. The number of benzene rings is 2.